The Bertz CT molecular complexity index is 529. The molecule has 0 bridgehead atoms. The fourth-order valence-corrected chi connectivity index (χ4v) is 1.76. The maximum atomic E-state index is 13.5. The number of hydrogen-bond donors (Lipinski definition) is 1. The molecule has 0 aliphatic heterocycles. The molecule has 0 fully saturated rings. The summed E-state index contributed by atoms with van der Waals surface area (Å²) in [4.78, 5) is 3.76. The highest BCUT2D eigenvalue weighted by Gasteiger charge is 2.09. The van der Waals surface area contributed by atoms with E-state index in [2.05, 4.69) is 10.3 Å². The molecule has 1 N–H and O–H groups in total. The molecule has 0 radical (unpaired) electrons. The van der Waals surface area contributed by atoms with Crippen LogP contribution >= 0.6 is 0 Å². The monoisotopic (exact) mass is 248 g/mol. The number of pyridine rings is 1. The van der Waals surface area contributed by atoms with Crippen LogP contribution in [-0.2, 0) is 6.54 Å². The molecular weight excluding hydrogens is 234 g/mol. The van der Waals surface area contributed by atoms with E-state index in [4.69, 9.17) is 0 Å². The van der Waals surface area contributed by atoms with E-state index < -0.39 is 0 Å². The second kappa shape index (κ2) is 5.69. The summed E-state index contributed by atoms with van der Waals surface area (Å²) in [6.45, 7) is 2.31. The molecule has 94 valence electrons. The zero-order valence-corrected chi connectivity index (χ0v) is 10.0. The Kier molecular flexibility index (Phi) is 3.99. The molecule has 0 saturated carbocycles. The van der Waals surface area contributed by atoms with E-state index in [-0.39, 0.29) is 17.7 Å². The van der Waals surface area contributed by atoms with Crippen molar-refractivity contribution in [1.82, 2.24) is 10.3 Å². The first-order valence-corrected chi connectivity index (χ1v) is 5.74. The lowest BCUT2D eigenvalue weighted by atomic mass is 10.1. The average molecular weight is 248 g/mol. The van der Waals surface area contributed by atoms with Gasteiger partial charge in [-0.3, -0.25) is 4.98 Å². The minimum Gasteiger partial charge on any atom is -0.306 e. The van der Waals surface area contributed by atoms with Gasteiger partial charge in [-0.25, -0.2) is 8.78 Å². The van der Waals surface area contributed by atoms with Gasteiger partial charge in [0.2, 0.25) is 0 Å². The van der Waals surface area contributed by atoms with Gasteiger partial charge in [0.25, 0.3) is 0 Å². The predicted octanol–water partition coefficient (Wildman–Crippen LogP) is 3.21. The smallest absolute Gasteiger partial charge is 0.141 e. The molecule has 1 atom stereocenters. The molecule has 1 aromatic heterocycles. The first kappa shape index (κ1) is 12.6. The van der Waals surface area contributed by atoms with Gasteiger partial charge >= 0.3 is 0 Å². The maximum Gasteiger partial charge on any atom is 0.141 e. The van der Waals surface area contributed by atoms with Gasteiger partial charge in [0.15, 0.2) is 0 Å². The molecule has 1 aromatic carbocycles. The topological polar surface area (TPSA) is 24.9 Å². The van der Waals surface area contributed by atoms with Gasteiger partial charge in [0.1, 0.15) is 11.6 Å². The molecule has 0 spiro atoms. The Morgan fingerprint density at radius 2 is 2.00 bits per heavy atom. The lowest BCUT2D eigenvalue weighted by Crippen LogP contribution is -2.19. The Balaban J connectivity index is 2.00. The van der Waals surface area contributed by atoms with Crippen LogP contribution in [0.5, 0.6) is 0 Å². The molecular formula is C14H14F2N2. The van der Waals surface area contributed by atoms with E-state index in [1.807, 2.05) is 6.92 Å². The largest absolute Gasteiger partial charge is 0.306 e. The van der Waals surface area contributed by atoms with Crippen LogP contribution in [0.1, 0.15) is 24.1 Å². The van der Waals surface area contributed by atoms with Crippen molar-refractivity contribution in [2.45, 2.75) is 19.5 Å². The van der Waals surface area contributed by atoms with Crippen molar-refractivity contribution >= 4 is 0 Å². The van der Waals surface area contributed by atoms with E-state index >= 15 is 0 Å². The van der Waals surface area contributed by atoms with E-state index in [0.717, 1.165) is 11.8 Å². The molecule has 4 heteroatoms. The summed E-state index contributed by atoms with van der Waals surface area (Å²) in [7, 11) is 0. The van der Waals surface area contributed by atoms with Gasteiger partial charge in [-0.2, -0.15) is 0 Å². The second-order valence-corrected chi connectivity index (χ2v) is 4.14. The van der Waals surface area contributed by atoms with E-state index in [0.29, 0.717) is 12.1 Å². The third kappa shape index (κ3) is 3.11. The third-order valence-electron chi connectivity index (χ3n) is 2.75. The molecule has 2 aromatic rings. The lowest BCUT2D eigenvalue weighted by Gasteiger charge is -2.14. The second-order valence-electron chi connectivity index (χ2n) is 4.14. The average Bonchev–Trinajstić information content (AvgIpc) is 2.37. The quantitative estimate of drug-likeness (QED) is 0.898. The fraction of sp³-hybridized carbons (Fsp3) is 0.214. The van der Waals surface area contributed by atoms with Crippen molar-refractivity contribution in [3.05, 3.63) is 65.5 Å². The van der Waals surface area contributed by atoms with Gasteiger partial charge in [-0.15, -0.1) is 0 Å². The summed E-state index contributed by atoms with van der Waals surface area (Å²) >= 11 is 0. The molecule has 2 nitrogen and oxygen atoms in total. The lowest BCUT2D eigenvalue weighted by molar-refractivity contribution is 0.526. The summed E-state index contributed by atoms with van der Waals surface area (Å²) in [6.07, 6.45) is 2.74. The third-order valence-corrected chi connectivity index (χ3v) is 2.75. The number of benzene rings is 1. The van der Waals surface area contributed by atoms with Gasteiger partial charge in [0.05, 0.1) is 6.20 Å². The number of nitrogens with zero attached hydrogens (tertiary/aromatic N) is 1. The number of halogens is 2. The van der Waals surface area contributed by atoms with Crippen LogP contribution in [0.3, 0.4) is 0 Å². The molecule has 2 rings (SSSR count). The van der Waals surface area contributed by atoms with Crippen LogP contribution in [-0.4, -0.2) is 4.98 Å². The van der Waals surface area contributed by atoms with E-state index in [9.17, 15) is 8.78 Å². The molecule has 0 amide bonds. The van der Waals surface area contributed by atoms with Crippen LogP contribution < -0.4 is 5.32 Å². The van der Waals surface area contributed by atoms with Crippen LogP contribution in [0, 0.1) is 11.6 Å². The highest BCUT2D eigenvalue weighted by atomic mass is 19.1. The normalized spacial score (nSPS) is 12.4. The zero-order valence-electron chi connectivity index (χ0n) is 10.0. The number of rotatable bonds is 4. The minimum absolute atomic E-state index is 0.144. The van der Waals surface area contributed by atoms with Crippen LogP contribution in [0.2, 0.25) is 0 Å². The SMILES string of the molecule is CC(NCc1cncc(F)c1)c1ccccc1F. The highest BCUT2D eigenvalue weighted by molar-refractivity contribution is 5.21. The van der Waals surface area contributed by atoms with Crippen molar-refractivity contribution in [3.63, 3.8) is 0 Å². The van der Waals surface area contributed by atoms with Crippen molar-refractivity contribution in [2.75, 3.05) is 0 Å². The zero-order chi connectivity index (χ0) is 13.0. The van der Waals surface area contributed by atoms with Crippen molar-refractivity contribution in [2.24, 2.45) is 0 Å². The fourth-order valence-electron chi connectivity index (χ4n) is 1.76. The van der Waals surface area contributed by atoms with Gasteiger partial charge < -0.3 is 5.32 Å². The first-order chi connectivity index (χ1) is 8.66. The van der Waals surface area contributed by atoms with Crippen LogP contribution in [0.4, 0.5) is 8.78 Å². The van der Waals surface area contributed by atoms with Crippen molar-refractivity contribution in [3.8, 4) is 0 Å². The first-order valence-electron chi connectivity index (χ1n) is 5.74. The molecule has 0 saturated heterocycles. The Morgan fingerprint density at radius 3 is 2.72 bits per heavy atom. The van der Waals surface area contributed by atoms with Crippen LogP contribution in [0.15, 0.2) is 42.7 Å². The van der Waals surface area contributed by atoms with Gasteiger partial charge in [0, 0.05) is 24.3 Å². The molecule has 0 aliphatic carbocycles. The molecule has 18 heavy (non-hydrogen) atoms. The standard InChI is InChI=1S/C14H14F2N2/c1-10(13-4-2-3-5-14(13)16)18-8-11-6-12(15)9-17-7-11/h2-7,9-10,18H,8H2,1H3. The maximum absolute atomic E-state index is 13.5. The van der Waals surface area contributed by atoms with Gasteiger partial charge in [-0.1, -0.05) is 18.2 Å². The Labute approximate surface area is 105 Å². The van der Waals surface area contributed by atoms with E-state index in [1.54, 1.807) is 24.4 Å². The summed E-state index contributed by atoms with van der Waals surface area (Å²) in [5, 5.41) is 3.14. The molecule has 1 heterocycles. The number of nitrogens with one attached hydrogen (secondary N) is 1. The Hall–Kier alpha value is -1.81. The highest BCUT2D eigenvalue weighted by Crippen LogP contribution is 2.16. The van der Waals surface area contributed by atoms with Crippen molar-refractivity contribution in [1.29, 1.82) is 0 Å². The van der Waals surface area contributed by atoms with Crippen LogP contribution in [0.25, 0.3) is 0 Å². The minimum atomic E-state index is -0.368. The van der Waals surface area contributed by atoms with Gasteiger partial charge in [-0.05, 0) is 24.6 Å². The Morgan fingerprint density at radius 1 is 1.22 bits per heavy atom. The summed E-state index contributed by atoms with van der Waals surface area (Å²) in [5.74, 6) is -0.609. The van der Waals surface area contributed by atoms with E-state index in [1.165, 1.54) is 12.1 Å². The molecule has 0 aliphatic rings. The number of aromatic nitrogens is 1. The summed E-state index contributed by atoms with van der Waals surface area (Å²) < 4.78 is 26.4. The number of hydrogen-bond acceptors (Lipinski definition) is 2. The van der Waals surface area contributed by atoms with Crippen molar-refractivity contribution < 1.29 is 8.78 Å². The summed E-state index contributed by atoms with van der Waals surface area (Å²) in [6, 6.07) is 7.87. The molecule has 1 unspecified atom stereocenters. The summed E-state index contributed by atoms with van der Waals surface area (Å²) in [5.41, 5.74) is 1.33. The predicted molar refractivity (Wildman–Crippen MR) is 65.8 cm³/mol.